The average Bonchev–Trinajstić information content (AvgIpc) is 2.80. The minimum atomic E-state index is -0.424. The molecule has 0 saturated heterocycles. The van der Waals surface area contributed by atoms with Crippen LogP contribution in [0.15, 0.2) is 12.2 Å². The Labute approximate surface area is 142 Å². The zero-order valence-electron chi connectivity index (χ0n) is 15.6. The van der Waals surface area contributed by atoms with Crippen LogP contribution in [0.4, 0.5) is 0 Å². The second-order valence-electron chi connectivity index (χ2n) is 10.1. The molecule has 130 valence electrons. The molecule has 3 fully saturated rings. The van der Waals surface area contributed by atoms with Gasteiger partial charge in [-0.15, -0.1) is 0 Å². The SMILES string of the molecule is CC(C)[C@@]1(O)CC[C@H]2[C@@H]3CC[C@H]4CC=CC[C@]4(C)[C@H]3CC[C@@]21C. The quantitative estimate of drug-likeness (QED) is 0.626. The summed E-state index contributed by atoms with van der Waals surface area (Å²) in [4.78, 5) is 0. The van der Waals surface area contributed by atoms with E-state index in [9.17, 15) is 5.11 Å². The van der Waals surface area contributed by atoms with Gasteiger partial charge < -0.3 is 5.11 Å². The maximum Gasteiger partial charge on any atom is 0.0726 e. The Morgan fingerprint density at radius 3 is 2.43 bits per heavy atom. The van der Waals surface area contributed by atoms with Crippen LogP contribution in [0, 0.1) is 40.4 Å². The number of hydrogen-bond donors (Lipinski definition) is 1. The van der Waals surface area contributed by atoms with Crippen LogP contribution in [0.2, 0.25) is 0 Å². The van der Waals surface area contributed by atoms with E-state index in [4.69, 9.17) is 0 Å². The van der Waals surface area contributed by atoms with Crippen molar-refractivity contribution in [2.45, 2.75) is 84.7 Å². The van der Waals surface area contributed by atoms with Crippen LogP contribution in [0.1, 0.15) is 79.1 Å². The highest BCUT2D eigenvalue weighted by atomic mass is 16.3. The van der Waals surface area contributed by atoms with E-state index >= 15 is 0 Å². The Hall–Kier alpha value is -0.300. The monoisotopic (exact) mass is 316 g/mol. The van der Waals surface area contributed by atoms with Gasteiger partial charge in [-0.3, -0.25) is 0 Å². The molecule has 0 unspecified atom stereocenters. The zero-order valence-corrected chi connectivity index (χ0v) is 15.6. The molecule has 3 saturated carbocycles. The van der Waals surface area contributed by atoms with E-state index in [1.165, 1.54) is 44.9 Å². The summed E-state index contributed by atoms with van der Waals surface area (Å²) in [5, 5.41) is 11.5. The fourth-order valence-electron chi connectivity index (χ4n) is 7.84. The highest BCUT2D eigenvalue weighted by Crippen LogP contribution is 2.68. The van der Waals surface area contributed by atoms with Crippen LogP contribution < -0.4 is 0 Å². The Bertz CT molecular complexity index is 508. The fourth-order valence-corrected chi connectivity index (χ4v) is 7.84. The van der Waals surface area contributed by atoms with Gasteiger partial charge in [-0.2, -0.15) is 0 Å². The molecule has 1 heteroatoms. The molecule has 0 radical (unpaired) electrons. The van der Waals surface area contributed by atoms with E-state index in [1.807, 2.05) is 0 Å². The van der Waals surface area contributed by atoms with Crippen molar-refractivity contribution in [3.8, 4) is 0 Å². The number of fused-ring (bicyclic) bond motifs is 5. The predicted molar refractivity (Wildman–Crippen MR) is 96.0 cm³/mol. The van der Waals surface area contributed by atoms with Gasteiger partial charge in [0.1, 0.15) is 0 Å². The summed E-state index contributed by atoms with van der Waals surface area (Å²) in [6.07, 6.45) is 15.3. The van der Waals surface area contributed by atoms with Crippen LogP contribution in [-0.2, 0) is 0 Å². The van der Waals surface area contributed by atoms with Gasteiger partial charge in [0.05, 0.1) is 5.60 Å². The van der Waals surface area contributed by atoms with Gasteiger partial charge in [-0.1, -0.05) is 39.8 Å². The van der Waals surface area contributed by atoms with Gasteiger partial charge in [-0.05, 0) is 91.8 Å². The second kappa shape index (κ2) is 5.10. The third-order valence-corrected chi connectivity index (χ3v) is 9.38. The molecular weight excluding hydrogens is 280 g/mol. The predicted octanol–water partition coefficient (Wildman–Crippen LogP) is 5.58. The summed E-state index contributed by atoms with van der Waals surface area (Å²) in [6, 6.07) is 0. The third kappa shape index (κ3) is 1.95. The highest BCUT2D eigenvalue weighted by molar-refractivity contribution is 5.16. The molecule has 4 aliphatic rings. The Morgan fingerprint density at radius 2 is 1.70 bits per heavy atom. The maximum atomic E-state index is 11.5. The van der Waals surface area contributed by atoms with Crippen molar-refractivity contribution in [1.82, 2.24) is 0 Å². The van der Waals surface area contributed by atoms with Crippen molar-refractivity contribution in [3.05, 3.63) is 12.2 Å². The van der Waals surface area contributed by atoms with E-state index in [0.717, 1.165) is 30.1 Å². The largest absolute Gasteiger partial charge is 0.389 e. The van der Waals surface area contributed by atoms with E-state index in [-0.39, 0.29) is 5.41 Å². The lowest BCUT2D eigenvalue weighted by Gasteiger charge is -2.61. The van der Waals surface area contributed by atoms with Crippen LogP contribution >= 0.6 is 0 Å². The molecular formula is C22H36O. The van der Waals surface area contributed by atoms with E-state index in [1.54, 1.807) is 0 Å². The molecule has 0 aromatic carbocycles. The van der Waals surface area contributed by atoms with Crippen molar-refractivity contribution in [1.29, 1.82) is 0 Å². The van der Waals surface area contributed by atoms with Gasteiger partial charge in [-0.25, -0.2) is 0 Å². The Morgan fingerprint density at radius 1 is 0.957 bits per heavy atom. The Balaban J connectivity index is 1.67. The summed E-state index contributed by atoms with van der Waals surface area (Å²) in [5.74, 6) is 3.84. The first-order valence-corrected chi connectivity index (χ1v) is 10.2. The molecule has 0 heterocycles. The lowest BCUT2D eigenvalue weighted by Crippen LogP contribution is -2.57. The number of allylic oxidation sites excluding steroid dienone is 2. The molecule has 0 spiro atoms. The van der Waals surface area contributed by atoms with Crippen LogP contribution in [0.3, 0.4) is 0 Å². The maximum absolute atomic E-state index is 11.5. The van der Waals surface area contributed by atoms with Crippen LogP contribution in [0.25, 0.3) is 0 Å². The van der Waals surface area contributed by atoms with Crippen molar-refractivity contribution in [2.75, 3.05) is 0 Å². The van der Waals surface area contributed by atoms with Gasteiger partial charge in [0.15, 0.2) is 0 Å². The molecule has 1 nitrogen and oxygen atoms in total. The standard InChI is InChI=1S/C22H36O/c1-15(2)22(23)14-11-19-17-9-8-16-7-5-6-12-20(16,3)18(17)10-13-21(19,22)4/h5-6,15-19,23H,7-14H2,1-4H3/t16-,17-,18+,19+,20+,21+,22+/m1/s1. The molecule has 0 amide bonds. The van der Waals surface area contributed by atoms with E-state index in [0.29, 0.717) is 11.3 Å². The molecule has 0 aliphatic heterocycles. The molecule has 0 aromatic heterocycles. The zero-order chi connectivity index (χ0) is 16.5. The van der Waals surface area contributed by atoms with Crippen molar-refractivity contribution >= 4 is 0 Å². The average molecular weight is 317 g/mol. The first-order chi connectivity index (χ1) is 10.8. The van der Waals surface area contributed by atoms with Crippen molar-refractivity contribution in [2.24, 2.45) is 40.4 Å². The van der Waals surface area contributed by atoms with E-state index < -0.39 is 5.60 Å². The minimum Gasteiger partial charge on any atom is -0.389 e. The Kier molecular flexibility index (Phi) is 3.59. The lowest BCUT2D eigenvalue weighted by atomic mass is 9.44. The van der Waals surface area contributed by atoms with Gasteiger partial charge in [0.25, 0.3) is 0 Å². The fraction of sp³-hybridized carbons (Fsp3) is 0.909. The number of aliphatic hydroxyl groups is 1. The smallest absolute Gasteiger partial charge is 0.0726 e. The first-order valence-electron chi connectivity index (χ1n) is 10.2. The molecule has 7 atom stereocenters. The topological polar surface area (TPSA) is 20.2 Å². The first kappa shape index (κ1) is 16.2. The summed E-state index contributed by atoms with van der Waals surface area (Å²) < 4.78 is 0. The van der Waals surface area contributed by atoms with Gasteiger partial charge >= 0.3 is 0 Å². The van der Waals surface area contributed by atoms with Crippen LogP contribution in [0.5, 0.6) is 0 Å². The highest BCUT2D eigenvalue weighted by Gasteiger charge is 2.64. The minimum absolute atomic E-state index is 0.163. The third-order valence-electron chi connectivity index (χ3n) is 9.38. The van der Waals surface area contributed by atoms with E-state index in [2.05, 4.69) is 39.8 Å². The molecule has 23 heavy (non-hydrogen) atoms. The second-order valence-corrected chi connectivity index (χ2v) is 10.1. The molecule has 4 rings (SSSR count). The summed E-state index contributed by atoms with van der Waals surface area (Å²) >= 11 is 0. The number of hydrogen-bond acceptors (Lipinski definition) is 1. The lowest BCUT2D eigenvalue weighted by molar-refractivity contribution is -0.160. The summed E-state index contributed by atoms with van der Waals surface area (Å²) in [5.41, 5.74) is 0.278. The molecule has 4 aliphatic carbocycles. The number of rotatable bonds is 1. The summed E-state index contributed by atoms with van der Waals surface area (Å²) in [7, 11) is 0. The van der Waals surface area contributed by atoms with Crippen molar-refractivity contribution in [3.63, 3.8) is 0 Å². The normalized spacial score (nSPS) is 55.4. The molecule has 0 aromatic rings. The molecule has 0 bridgehead atoms. The summed E-state index contributed by atoms with van der Waals surface area (Å²) in [6.45, 7) is 9.52. The van der Waals surface area contributed by atoms with Gasteiger partial charge in [0, 0.05) is 0 Å². The van der Waals surface area contributed by atoms with Gasteiger partial charge in [0.2, 0.25) is 0 Å². The molecule has 1 N–H and O–H groups in total. The van der Waals surface area contributed by atoms with Crippen LogP contribution in [-0.4, -0.2) is 10.7 Å². The van der Waals surface area contributed by atoms with Crippen molar-refractivity contribution < 1.29 is 5.11 Å².